The molecule has 33 heavy (non-hydrogen) atoms. The van der Waals surface area contributed by atoms with Crippen molar-refractivity contribution < 1.29 is 14.3 Å². The Morgan fingerprint density at radius 3 is 2.64 bits per heavy atom. The molecule has 1 fully saturated rings. The zero-order valence-corrected chi connectivity index (χ0v) is 18.0. The number of aromatic nitrogens is 2. The lowest BCUT2D eigenvalue weighted by atomic mass is 10.0. The molecule has 0 radical (unpaired) electrons. The number of nitrogens with zero attached hydrogens (tertiary/aromatic N) is 2. The number of ether oxygens (including phenoxy) is 1. The fourth-order valence-corrected chi connectivity index (χ4v) is 3.75. The Labute approximate surface area is 190 Å². The van der Waals surface area contributed by atoms with Crippen molar-refractivity contribution in [3.8, 4) is 11.6 Å². The Hall–Kier alpha value is -4.26. The number of anilines is 2. The first kappa shape index (κ1) is 20.6. The van der Waals surface area contributed by atoms with E-state index in [1.165, 1.54) is 31.5 Å². The maximum atomic E-state index is 13.0. The Bertz CT molecular complexity index is 1360. The lowest BCUT2D eigenvalue weighted by Crippen LogP contribution is -2.12. The molecule has 0 atom stereocenters. The number of rotatable bonds is 6. The summed E-state index contributed by atoms with van der Waals surface area (Å²) in [4.78, 5) is 32.4. The van der Waals surface area contributed by atoms with Crippen molar-refractivity contribution >= 4 is 34.2 Å². The highest BCUT2D eigenvalue weighted by Crippen LogP contribution is 2.40. The van der Waals surface area contributed by atoms with Gasteiger partial charge in [0.15, 0.2) is 0 Å². The van der Waals surface area contributed by atoms with Crippen LogP contribution in [0.5, 0.6) is 11.6 Å². The number of benzene rings is 3. The van der Waals surface area contributed by atoms with Gasteiger partial charge in [0.2, 0.25) is 17.7 Å². The van der Waals surface area contributed by atoms with E-state index < -0.39 is 0 Å². The monoisotopic (exact) mass is 438 g/mol. The second-order valence-electron chi connectivity index (χ2n) is 8.04. The molecule has 3 aromatic carbocycles. The van der Waals surface area contributed by atoms with Crippen molar-refractivity contribution in [3.05, 3.63) is 84.1 Å². The standard InChI is InChI=1S/C26H22N4O3/c1-16(31)28-26-27-13-12-24(30-26)33-21-10-11-22-19(15-21)5-3-7-23(22)25(32)29-20-6-2-4-18(14-20)17-8-9-17/h2-7,10-15,17H,8-9H2,1H3,(H,29,32)(H,27,28,30,31). The molecule has 0 aliphatic heterocycles. The van der Waals surface area contributed by atoms with Gasteiger partial charge < -0.3 is 10.1 Å². The van der Waals surface area contributed by atoms with Crippen LogP contribution in [0.2, 0.25) is 0 Å². The second kappa shape index (κ2) is 8.70. The first-order valence-corrected chi connectivity index (χ1v) is 10.8. The Morgan fingerprint density at radius 1 is 0.970 bits per heavy atom. The highest BCUT2D eigenvalue weighted by atomic mass is 16.5. The van der Waals surface area contributed by atoms with Gasteiger partial charge in [0.1, 0.15) is 5.75 Å². The summed E-state index contributed by atoms with van der Waals surface area (Å²) in [5, 5.41) is 7.24. The molecule has 7 heteroatoms. The number of nitrogens with one attached hydrogen (secondary N) is 2. The Morgan fingerprint density at radius 2 is 1.82 bits per heavy atom. The van der Waals surface area contributed by atoms with Crippen molar-refractivity contribution in [2.24, 2.45) is 0 Å². The summed E-state index contributed by atoms with van der Waals surface area (Å²) >= 11 is 0. The fourth-order valence-electron chi connectivity index (χ4n) is 3.75. The van der Waals surface area contributed by atoms with Crippen LogP contribution in [-0.2, 0) is 4.79 Å². The highest BCUT2D eigenvalue weighted by molar-refractivity contribution is 6.13. The van der Waals surface area contributed by atoms with Crippen molar-refractivity contribution in [1.29, 1.82) is 0 Å². The average molecular weight is 438 g/mol. The van der Waals surface area contributed by atoms with E-state index in [9.17, 15) is 9.59 Å². The van der Waals surface area contributed by atoms with Gasteiger partial charge in [-0.3, -0.25) is 14.9 Å². The number of hydrogen-bond acceptors (Lipinski definition) is 5. The van der Waals surface area contributed by atoms with Gasteiger partial charge in [-0.05, 0) is 71.5 Å². The fraction of sp³-hybridized carbons (Fsp3) is 0.154. The number of hydrogen-bond donors (Lipinski definition) is 2. The molecule has 1 aliphatic rings. The maximum absolute atomic E-state index is 13.0. The molecule has 1 aromatic heterocycles. The third-order valence-corrected chi connectivity index (χ3v) is 5.43. The number of amides is 2. The van der Waals surface area contributed by atoms with Crippen molar-refractivity contribution in [3.63, 3.8) is 0 Å². The first-order chi connectivity index (χ1) is 16.0. The zero-order chi connectivity index (χ0) is 22.8. The van der Waals surface area contributed by atoms with Gasteiger partial charge in [-0.1, -0.05) is 24.3 Å². The maximum Gasteiger partial charge on any atom is 0.256 e. The molecule has 164 valence electrons. The van der Waals surface area contributed by atoms with Crippen LogP contribution in [0.4, 0.5) is 11.6 Å². The van der Waals surface area contributed by atoms with Crippen LogP contribution in [-0.4, -0.2) is 21.8 Å². The van der Waals surface area contributed by atoms with E-state index in [1.54, 1.807) is 12.1 Å². The van der Waals surface area contributed by atoms with E-state index in [0.29, 0.717) is 23.1 Å². The normalized spacial score (nSPS) is 12.9. The summed E-state index contributed by atoms with van der Waals surface area (Å²) in [6, 6.07) is 20.8. The summed E-state index contributed by atoms with van der Waals surface area (Å²) in [5.41, 5.74) is 2.67. The van der Waals surface area contributed by atoms with Gasteiger partial charge in [-0.15, -0.1) is 0 Å². The van der Waals surface area contributed by atoms with Gasteiger partial charge in [-0.2, -0.15) is 4.98 Å². The van der Waals surface area contributed by atoms with E-state index in [2.05, 4.69) is 32.7 Å². The van der Waals surface area contributed by atoms with Gasteiger partial charge >= 0.3 is 0 Å². The quantitative estimate of drug-likeness (QED) is 0.414. The Kier molecular flexibility index (Phi) is 5.44. The summed E-state index contributed by atoms with van der Waals surface area (Å²) in [6.07, 6.45) is 3.94. The van der Waals surface area contributed by atoms with Crippen molar-refractivity contribution in [2.45, 2.75) is 25.7 Å². The lowest BCUT2D eigenvalue weighted by molar-refractivity contribution is -0.114. The zero-order valence-electron chi connectivity index (χ0n) is 18.0. The molecule has 2 N–H and O–H groups in total. The predicted molar refractivity (Wildman–Crippen MR) is 127 cm³/mol. The largest absolute Gasteiger partial charge is 0.439 e. The molecule has 1 aliphatic carbocycles. The molecule has 1 heterocycles. The lowest BCUT2D eigenvalue weighted by Gasteiger charge is -2.11. The van der Waals surface area contributed by atoms with Crippen LogP contribution < -0.4 is 15.4 Å². The number of carbonyl (C=O) groups is 2. The van der Waals surface area contributed by atoms with E-state index in [4.69, 9.17) is 4.74 Å². The molecule has 4 aromatic rings. The van der Waals surface area contributed by atoms with Crippen LogP contribution >= 0.6 is 0 Å². The van der Waals surface area contributed by atoms with Gasteiger partial charge in [0.05, 0.1) is 0 Å². The molecule has 2 amide bonds. The Balaban J connectivity index is 1.37. The predicted octanol–water partition coefficient (Wildman–Crippen LogP) is 5.51. The molecule has 0 bridgehead atoms. The molecule has 1 saturated carbocycles. The van der Waals surface area contributed by atoms with Gasteiger partial charge in [0, 0.05) is 30.4 Å². The highest BCUT2D eigenvalue weighted by Gasteiger charge is 2.23. The number of fused-ring (bicyclic) bond motifs is 1. The molecule has 0 saturated heterocycles. The van der Waals surface area contributed by atoms with Crippen LogP contribution in [0.15, 0.2) is 72.9 Å². The number of carbonyl (C=O) groups excluding carboxylic acids is 2. The van der Waals surface area contributed by atoms with E-state index in [1.807, 2.05) is 42.5 Å². The van der Waals surface area contributed by atoms with Gasteiger partial charge in [-0.25, -0.2) is 4.98 Å². The molecular weight excluding hydrogens is 416 g/mol. The molecular formula is C26H22N4O3. The van der Waals surface area contributed by atoms with E-state index in [0.717, 1.165) is 16.5 Å². The van der Waals surface area contributed by atoms with Crippen molar-refractivity contribution in [1.82, 2.24) is 9.97 Å². The minimum Gasteiger partial charge on any atom is -0.439 e. The molecule has 7 nitrogen and oxygen atoms in total. The summed E-state index contributed by atoms with van der Waals surface area (Å²) in [7, 11) is 0. The average Bonchev–Trinajstić information content (AvgIpc) is 3.64. The van der Waals surface area contributed by atoms with Gasteiger partial charge in [0.25, 0.3) is 5.91 Å². The minimum absolute atomic E-state index is 0.155. The SMILES string of the molecule is CC(=O)Nc1nccc(Oc2ccc3c(C(=O)Nc4cccc(C5CC5)c4)cccc3c2)n1. The topological polar surface area (TPSA) is 93.2 Å². The molecule has 5 rings (SSSR count). The van der Waals surface area contributed by atoms with Crippen LogP contribution in [0.25, 0.3) is 10.8 Å². The second-order valence-corrected chi connectivity index (χ2v) is 8.04. The molecule has 0 unspecified atom stereocenters. The summed E-state index contributed by atoms with van der Waals surface area (Å²) < 4.78 is 5.84. The van der Waals surface area contributed by atoms with Crippen LogP contribution in [0, 0.1) is 0 Å². The smallest absolute Gasteiger partial charge is 0.256 e. The van der Waals surface area contributed by atoms with Crippen molar-refractivity contribution in [2.75, 3.05) is 10.6 Å². The van der Waals surface area contributed by atoms with E-state index in [-0.39, 0.29) is 17.8 Å². The third kappa shape index (κ3) is 4.82. The van der Waals surface area contributed by atoms with Crippen LogP contribution in [0.3, 0.4) is 0 Å². The molecule has 0 spiro atoms. The third-order valence-electron chi connectivity index (χ3n) is 5.43. The van der Waals surface area contributed by atoms with E-state index >= 15 is 0 Å². The summed E-state index contributed by atoms with van der Waals surface area (Å²) in [6.45, 7) is 1.39. The first-order valence-electron chi connectivity index (χ1n) is 10.8. The summed E-state index contributed by atoms with van der Waals surface area (Å²) in [5.74, 6) is 1.25. The minimum atomic E-state index is -0.261. The van der Waals surface area contributed by atoms with Crippen LogP contribution in [0.1, 0.15) is 41.6 Å².